The smallest absolute Gasteiger partial charge is 0.350 e. The molecule has 0 saturated carbocycles. The number of para-hydroxylation sites is 1. The summed E-state index contributed by atoms with van der Waals surface area (Å²) < 4.78 is 23.5. The standard InChI is InChI=1S/C20H21FN2O5S/c1-20(2,28-14-9-7-13(21)8-10-14)19(26)27-11-18(25)23-15-5-3-4-6-16(15)29-12-17(22)24/h3-10H,11-12H2,1-2H3,(H2,22,24)(H,23,25). The maximum absolute atomic E-state index is 13.0. The van der Waals surface area contributed by atoms with Crippen molar-refractivity contribution in [3.8, 4) is 5.75 Å². The van der Waals surface area contributed by atoms with Gasteiger partial charge in [0.15, 0.2) is 12.2 Å². The fourth-order valence-electron chi connectivity index (χ4n) is 2.17. The van der Waals surface area contributed by atoms with Crippen LogP contribution in [0.4, 0.5) is 10.1 Å². The maximum atomic E-state index is 13.0. The molecule has 0 spiro atoms. The molecule has 0 atom stereocenters. The SMILES string of the molecule is CC(C)(Oc1ccc(F)cc1)C(=O)OCC(=O)Nc1ccccc1SCC(N)=O. The van der Waals surface area contributed by atoms with Gasteiger partial charge in [0.05, 0.1) is 11.4 Å². The van der Waals surface area contributed by atoms with Crippen molar-refractivity contribution in [1.29, 1.82) is 0 Å². The fourth-order valence-corrected chi connectivity index (χ4v) is 2.92. The van der Waals surface area contributed by atoms with E-state index in [1.165, 1.54) is 49.9 Å². The Hall–Kier alpha value is -3.07. The quantitative estimate of drug-likeness (QED) is 0.477. The lowest BCUT2D eigenvalue weighted by Crippen LogP contribution is -2.41. The molecule has 0 unspecified atom stereocenters. The number of esters is 1. The second-order valence-corrected chi connectivity index (χ2v) is 7.46. The highest BCUT2D eigenvalue weighted by molar-refractivity contribution is 8.00. The third kappa shape index (κ3) is 7.11. The number of ether oxygens (including phenoxy) is 2. The van der Waals surface area contributed by atoms with Crippen molar-refractivity contribution >= 4 is 35.2 Å². The molecule has 0 aromatic heterocycles. The Morgan fingerprint density at radius 1 is 1.10 bits per heavy atom. The monoisotopic (exact) mass is 420 g/mol. The van der Waals surface area contributed by atoms with E-state index in [0.717, 1.165) is 0 Å². The lowest BCUT2D eigenvalue weighted by atomic mass is 10.1. The van der Waals surface area contributed by atoms with Crippen molar-refractivity contribution in [3.63, 3.8) is 0 Å². The first-order valence-corrected chi connectivity index (χ1v) is 9.58. The number of hydrogen-bond donors (Lipinski definition) is 2. The molecule has 2 aromatic rings. The Kier molecular flexibility index (Phi) is 7.60. The number of anilines is 1. The van der Waals surface area contributed by atoms with Gasteiger partial charge in [-0.3, -0.25) is 9.59 Å². The number of primary amides is 1. The largest absolute Gasteiger partial charge is 0.476 e. The van der Waals surface area contributed by atoms with Crippen LogP contribution in [0.15, 0.2) is 53.4 Å². The van der Waals surface area contributed by atoms with E-state index in [-0.39, 0.29) is 5.75 Å². The van der Waals surface area contributed by atoms with Crippen LogP contribution in [-0.4, -0.2) is 35.7 Å². The van der Waals surface area contributed by atoms with Gasteiger partial charge < -0.3 is 20.5 Å². The zero-order chi connectivity index (χ0) is 21.4. The molecule has 0 heterocycles. The number of amides is 2. The number of halogens is 1. The Balaban J connectivity index is 1.90. The van der Waals surface area contributed by atoms with E-state index in [0.29, 0.717) is 16.3 Å². The van der Waals surface area contributed by atoms with E-state index in [1.54, 1.807) is 24.3 Å². The van der Waals surface area contributed by atoms with E-state index < -0.39 is 35.8 Å². The second kappa shape index (κ2) is 9.92. The summed E-state index contributed by atoms with van der Waals surface area (Å²) in [6.45, 7) is 2.43. The van der Waals surface area contributed by atoms with Crippen LogP contribution in [0.1, 0.15) is 13.8 Å². The predicted molar refractivity (Wildman–Crippen MR) is 107 cm³/mol. The molecule has 2 amide bonds. The second-order valence-electron chi connectivity index (χ2n) is 6.44. The summed E-state index contributed by atoms with van der Waals surface area (Å²) in [6, 6.07) is 12.1. The predicted octanol–water partition coefficient (Wildman–Crippen LogP) is 2.74. The van der Waals surface area contributed by atoms with Crippen LogP contribution in [0.25, 0.3) is 0 Å². The molecule has 3 N–H and O–H groups in total. The Morgan fingerprint density at radius 3 is 2.41 bits per heavy atom. The molecular weight excluding hydrogens is 399 g/mol. The Bertz CT molecular complexity index is 887. The van der Waals surface area contributed by atoms with Crippen LogP contribution in [0.5, 0.6) is 5.75 Å². The molecule has 2 aromatic carbocycles. The van der Waals surface area contributed by atoms with Crippen LogP contribution >= 0.6 is 11.8 Å². The number of benzene rings is 2. The highest BCUT2D eigenvalue weighted by Gasteiger charge is 2.32. The van der Waals surface area contributed by atoms with Crippen LogP contribution in [0.3, 0.4) is 0 Å². The van der Waals surface area contributed by atoms with Crippen molar-refractivity contribution in [2.45, 2.75) is 24.3 Å². The van der Waals surface area contributed by atoms with Gasteiger partial charge >= 0.3 is 5.97 Å². The summed E-state index contributed by atoms with van der Waals surface area (Å²) >= 11 is 1.18. The molecule has 29 heavy (non-hydrogen) atoms. The molecule has 9 heteroatoms. The molecule has 0 aliphatic rings. The number of carbonyl (C=O) groups excluding carboxylic acids is 3. The average molecular weight is 420 g/mol. The van der Waals surface area contributed by atoms with Crippen molar-refractivity contribution in [2.75, 3.05) is 17.7 Å². The summed E-state index contributed by atoms with van der Waals surface area (Å²) in [7, 11) is 0. The van der Waals surface area contributed by atoms with E-state index in [9.17, 15) is 18.8 Å². The van der Waals surface area contributed by atoms with Crippen molar-refractivity contribution in [3.05, 3.63) is 54.3 Å². The maximum Gasteiger partial charge on any atom is 0.350 e. The normalized spacial score (nSPS) is 10.9. The minimum Gasteiger partial charge on any atom is -0.476 e. The molecule has 0 fully saturated rings. The van der Waals surface area contributed by atoms with E-state index >= 15 is 0 Å². The summed E-state index contributed by atoms with van der Waals surface area (Å²) in [5.74, 6) is -1.86. The molecule has 0 saturated heterocycles. The van der Waals surface area contributed by atoms with Gasteiger partial charge in [-0.25, -0.2) is 9.18 Å². The molecule has 0 radical (unpaired) electrons. The zero-order valence-corrected chi connectivity index (χ0v) is 16.8. The highest BCUT2D eigenvalue weighted by Crippen LogP contribution is 2.26. The first-order valence-electron chi connectivity index (χ1n) is 8.59. The van der Waals surface area contributed by atoms with E-state index in [4.69, 9.17) is 15.2 Å². The third-order valence-electron chi connectivity index (χ3n) is 3.54. The number of hydrogen-bond acceptors (Lipinski definition) is 6. The first kappa shape index (κ1) is 22.2. The number of rotatable bonds is 9. The van der Waals surface area contributed by atoms with Crippen molar-refractivity contribution in [1.82, 2.24) is 0 Å². The molecule has 0 bridgehead atoms. The van der Waals surface area contributed by atoms with Gasteiger partial charge in [0, 0.05) is 4.90 Å². The number of thioether (sulfide) groups is 1. The van der Waals surface area contributed by atoms with Gasteiger partial charge in [0.25, 0.3) is 5.91 Å². The lowest BCUT2D eigenvalue weighted by molar-refractivity contribution is -0.161. The summed E-state index contributed by atoms with van der Waals surface area (Å²) in [4.78, 5) is 36.0. The van der Waals surface area contributed by atoms with Gasteiger partial charge in [-0.1, -0.05) is 12.1 Å². The first-order chi connectivity index (χ1) is 13.7. The van der Waals surface area contributed by atoms with Gasteiger partial charge in [-0.2, -0.15) is 0 Å². The lowest BCUT2D eigenvalue weighted by Gasteiger charge is -2.24. The van der Waals surface area contributed by atoms with Crippen LogP contribution in [0, 0.1) is 5.82 Å². The minimum absolute atomic E-state index is 0.0663. The van der Waals surface area contributed by atoms with Gasteiger partial charge in [0.1, 0.15) is 11.6 Å². The minimum atomic E-state index is -1.38. The molecule has 154 valence electrons. The van der Waals surface area contributed by atoms with Crippen molar-refractivity contribution in [2.24, 2.45) is 5.73 Å². The highest BCUT2D eigenvalue weighted by atomic mass is 32.2. The molecular formula is C20H21FN2O5S. The molecule has 2 rings (SSSR count). The average Bonchev–Trinajstić information content (AvgIpc) is 2.67. The molecule has 0 aliphatic heterocycles. The zero-order valence-electron chi connectivity index (χ0n) is 15.9. The van der Waals surface area contributed by atoms with Crippen LogP contribution in [0.2, 0.25) is 0 Å². The fraction of sp³-hybridized carbons (Fsp3) is 0.250. The Morgan fingerprint density at radius 2 is 1.76 bits per heavy atom. The molecule has 7 nitrogen and oxygen atoms in total. The van der Waals surface area contributed by atoms with Crippen LogP contribution < -0.4 is 15.8 Å². The van der Waals surface area contributed by atoms with E-state index in [2.05, 4.69) is 5.32 Å². The third-order valence-corrected chi connectivity index (χ3v) is 4.64. The van der Waals surface area contributed by atoms with Gasteiger partial charge in [-0.05, 0) is 50.2 Å². The van der Waals surface area contributed by atoms with Crippen LogP contribution in [-0.2, 0) is 19.1 Å². The summed E-state index contributed by atoms with van der Waals surface area (Å²) in [5.41, 5.74) is 4.23. The molecule has 0 aliphatic carbocycles. The number of nitrogens with two attached hydrogens (primary N) is 1. The Labute approximate surface area is 171 Å². The van der Waals surface area contributed by atoms with Gasteiger partial charge in [-0.15, -0.1) is 11.8 Å². The van der Waals surface area contributed by atoms with Crippen molar-refractivity contribution < 1.29 is 28.2 Å². The number of nitrogens with one attached hydrogen (secondary N) is 1. The summed E-state index contributed by atoms with van der Waals surface area (Å²) in [6.07, 6.45) is 0. The topological polar surface area (TPSA) is 108 Å². The number of carbonyl (C=O) groups is 3. The van der Waals surface area contributed by atoms with E-state index in [1.807, 2.05) is 0 Å². The summed E-state index contributed by atoms with van der Waals surface area (Å²) in [5, 5.41) is 2.63. The van der Waals surface area contributed by atoms with Gasteiger partial charge in [0.2, 0.25) is 5.91 Å².